The Labute approximate surface area is 136 Å². The largest absolute Gasteiger partial charge is 0.393 e. The Morgan fingerprint density at radius 1 is 1.39 bits per heavy atom. The second kappa shape index (κ2) is 7.85. The van der Waals surface area contributed by atoms with Gasteiger partial charge in [-0.2, -0.15) is 0 Å². The van der Waals surface area contributed by atoms with Gasteiger partial charge >= 0.3 is 0 Å². The van der Waals surface area contributed by atoms with Crippen molar-refractivity contribution in [3.8, 4) is 0 Å². The van der Waals surface area contributed by atoms with Crippen molar-refractivity contribution in [3.63, 3.8) is 0 Å². The van der Waals surface area contributed by atoms with Crippen LogP contribution in [0.2, 0.25) is 0 Å². The molecule has 128 valence electrons. The molecule has 1 atom stereocenters. The second-order valence-electron chi connectivity index (χ2n) is 6.04. The van der Waals surface area contributed by atoms with Gasteiger partial charge < -0.3 is 10.4 Å². The van der Waals surface area contributed by atoms with E-state index in [-0.39, 0.29) is 36.9 Å². The highest BCUT2D eigenvalue weighted by molar-refractivity contribution is 7.88. The molecule has 2 rings (SSSR count). The van der Waals surface area contributed by atoms with Crippen LogP contribution in [0.4, 0.5) is 0 Å². The van der Waals surface area contributed by atoms with E-state index in [1.165, 1.54) is 0 Å². The molecule has 0 spiro atoms. The lowest BCUT2D eigenvalue weighted by Crippen LogP contribution is -2.48. The molecule has 1 fully saturated rings. The normalized spacial score (nSPS) is 22.2. The van der Waals surface area contributed by atoms with Crippen LogP contribution in [0.1, 0.15) is 24.8 Å². The number of aromatic nitrogens is 1. The number of sulfonamides is 1. The molecule has 0 aromatic carbocycles. The summed E-state index contributed by atoms with van der Waals surface area (Å²) in [6.45, 7) is 0.0833. The number of rotatable bonds is 8. The van der Waals surface area contributed by atoms with Crippen molar-refractivity contribution < 1.29 is 18.3 Å². The van der Waals surface area contributed by atoms with Gasteiger partial charge in [0.1, 0.15) is 0 Å². The Morgan fingerprint density at radius 2 is 2.04 bits per heavy atom. The molecule has 8 heteroatoms. The number of amides is 1. The zero-order chi connectivity index (χ0) is 16.9. The SMILES string of the molecule is CS(=O)(=O)NCCC(=O)N[C@H](Cc1ccncc1)C1CC(O)C1. The minimum Gasteiger partial charge on any atom is -0.393 e. The lowest BCUT2D eigenvalue weighted by atomic mass is 9.75. The first kappa shape index (κ1) is 17.8. The van der Waals surface area contributed by atoms with Gasteiger partial charge in [0.25, 0.3) is 0 Å². The van der Waals surface area contributed by atoms with E-state index in [4.69, 9.17) is 0 Å². The predicted molar refractivity (Wildman–Crippen MR) is 86.1 cm³/mol. The number of carbonyl (C=O) groups excluding carboxylic acids is 1. The van der Waals surface area contributed by atoms with Crippen LogP contribution in [0.15, 0.2) is 24.5 Å². The van der Waals surface area contributed by atoms with Gasteiger partial charge in [0.2, 0.25) is 15.9 Å². The van der Waals surface area contributed by atoms with Crippen molar-refractivity contribution in [2.75, 3.05) is 12.8 Å². The van der Waals surface area contributed by atoms with Gasteiger partial charge in [0.05, 0.1) is 12.4 Å². The highest BCUT2D eigenvalue weighted by Crippen LogP contribution is 2.31. The van der Waals surface area contributed by atoms with Gasteiger partial charge in [-0.3, -0.25) is 9.78 Å². The quantitative estimate of drug-likeness (QED) is 0.608. The molecule has 0 saturated heterocycles. The molecule has 7 nitrogen and oxygen atoms in total. The first-order chi connectivity index (χ1) is 10.8. The molecule has 1 aromatic rings. The highest BCUT2D eigenvalue weighted by atomic mass is 32.2. The van der Waals surface area contributed by atoms with E-state index in [1.807, 2.05) is 12.1 Å². The molecular weight excluding hydrogens is 318 g/mol. The lowest BCUT2D eigenvalue weighted by molar-refractivity contribution is -0.122. The summed E-state index contributed by atoms with van der Waals surface area (Å²) in [4.78, 5) is 16.0. The van der Waals surface area contributed by atoms with Gasteiger partial charge in [-0.05, 0) is 42.9 Å². The van der Waals surface area contributed by atoms with E-state index in [0.29, 0.717) is 19.3 Å². The van der Waals surface area contributed by atoms with Crippen LogP contribution in [0.25, 0.3) is 0 Å². The summed E-state index contributed by atoms with van der Waals surface area (Å²) < 4.78 is 24.3. The highest BCUT2D eigenvalue weighted by Gasteiger charge is 2.34. The van der Waals surface area contributed by atoms with E-state index < -0.39 is 10.0 Å². The fourth-order valence-corrected chi connectivity index (χ4v) is 3.17. The summed E-state index contributed by atoms with van der Waals surface area (Å²) in [6, 6.07) is 3.74. The molecule has 1 aromatic heterocycles. The third-order valence-electron chi connectivity index (χ3n) is 3.99. The van der Waals surface area contributed by atoms with Crippen LogP contribution in [-0.2, 0) is 21.2 Å². The molecule has 1 saturated carbocycles. The van der Waals surface area contributed by atoms with E-state index in [9.17, 15) is 18.3 Å². The Morgan fingerprint density at radius 3 is 2.61 bits per heavy atom. The van der Waals surface area contributed by atoms with Crippen LogP contribution in [0.3, 0.4) is 0 Å². The molecule has 0 unspecified atom stereocenters. The lowest BCUT2D eigenvalue weighted by Gasteiger charge is -2.38. The number of nitrogens with zero attached hydrogens (tertiary/aromatic N) is 1. The molecule has 0 bridgehead atoms. The minimum absolute atomic E-state index is 0.0634. The summed E-state index contributed by atoms with van der Waals surface area (Å²) in [5.74, 6) is 0.0478. The molecule has 3 N–H and O–H groups in total. The summed E-state index contributed by atoms with van der Waals surface area (Å²) >= 11 is 0. The molecule has 1 amide bonds. The standard InChI is InChI=1S/C15H23N3O4S/c1-23(21,22)17-7-4-15(20)18-14(12-9-13(19)10-12)8-11-2-5-16-6-3-11/h2-3,5-6,12-14,17,19H,4,7-10H2,1H3,(H,18,20)/t12?,13?,14-/m1/s1. The number of nitrogens with one attached hydrogen (secondary N) is 2. The number of aliphatic hydroxyl groups excluding tert-OH is 1. The minimum atomic E-state index is -3.28. The first-order valence-corrected chi connectivity index (χ1v) is 9.53. The van der Waals surface area contributed by atoms with E-state index in [0.717, 1.165) is 11.8 Å². The van der Waals surface area contributed by atoms with Crippen LogP contribution in [0.5, 0.6) is 0 Å². The van der Waals surface area contributed by atoms with Gasteiger partial charge in [0.15, 0.2) is 0 Å². The van der Waals surface area contributed by atoms with Crippen molar-refractivity contribution in [1.82, 2.24) is 15.0 Å². The summed E-state index contributed by atoms with van der Waals surface area (Å²) in [5, 5.41) is 12.5. The second-order valence-corrected chi connectivity index (χ2v) is 7.87. The van der Waals surface area contributed by atoms with E-state index >= 15 is 0 Å². The third kappa shape index (κ3) is 6.25. The fourth-order valence-electron chi connectivity index (χ4n) is 2.70. The maximum atomic E-state index is 12.0. The number of pyridine rings is 1. The molecule has 1 aliphatic rings. The number of hydrogen-bond donors (Lipinski definition) is 3. The van der Waals surface area contributed by atoms with Crippen LogP contribution < -0.4 is 10.0 Å². The maximum absolute atomic E-state index is 12.0. The number of hydrogen-bond acceptors (Lipinski definition) is 5. The Balaban J connectivity index is 1.88. The van der Waals surface area contributed by atoms with Crippen molar-refractivity contribution in [1.29, 1.82) is 0 Å². The van der Waals surface area contributed by atoms with E-state index in [2.05, 4.69) is 15.0 Å². The Hall–Kier alpha value is -1.51. The molecular formula is C15H23N3O4S. The zero-order valence-corrected chi connectivity index (χ0v) is 13.9. The number of carbonyl (C=O) groups is 1. The van der Waals surface area contributed by atoms with Gasteiger partial charge in [0, 0.05) is 31.4 Å². The van der Waals surface area contributed by atoms with Gasteiger partial charge in [-0.25, -0.2) is 13.1 Å². The Bertz CT molecular complexity index is 615. The van der Waals surface area contributed by atoms with Crippen LogP contribution in [-0.4, -0.2) is 49.4 Å². The summed E-state index contributed by atoms with van der Waals surface area (Å²) in [5.41, 5.74) is 1.07. The molecule has 0 aliphatic heterocycles. The Kier molecular flexibility index (Phi) is 6.09. The topological polar surface area (TPSA) is 108 Å². The fraction of sp³-hybridized carbons (Fsp3) is 0.600. The van der Waals surface area contributed by atoms with Gasteiger partial charge in [-0.1, -0.05) is 0 Å². The van der Waals surface area contributed by atoms with E-state index in [1.54, 1.807) is 12.4 Å². The molecule has 1 aliphatic carbocycles. The average Bonchev–Trinajstić information content (AvgIpc) is 2.43. The molecule has 0 radical (unpaired) electrons. The smallest absolute Gasteiger partial charge is 0.221 e. The maximum Gasteiger partial charge on any atom is 0.221 e. The molecule has 23 heavy (non-hydrogen) atoms. The van der Waals surface area contributed by atoms with Crippen LogP contribution in [0, 0.1) is 5.92 Å². The van der Waals surface area contributed by atoms with Crippen molar-refractivity contribution in [2.24, 2.45) is 5.92 Å². The van der Waals surface area contributed by atoms with Crippen molar-refractivity contribution in [2.45, 2.75) is 37.8 Å². The zero-order valence-electron chi connectivity index (χ0n) is 13.1. The first-order valence-electron chi connectivity index (χ1n) is 7.64. The summed E-state index contributed by atoms with van der Waals surface area (Å²) in [7, 11) is -3.28. The predicted octanol–water partition coefficient (Wildman–Crippen LogP) is -0.181. The summed E-state index contributed by atoms with van der Waals surface area (Å²) in [6.07, 6.45) is 6.31. The molecule has 1 heterocycles. The van der Waals surface area contributed by atoms with Crippen molar-refractivity contribution in [3.05, 3.63) is 30.1 Å². The third-order valence-corrected chi connectivity index (χ3v) is 4.71. The van der Waals surface area contributed by atoms with Gasteiger partial charge in [-0.15, -0.1) is 0 Å². The van der Waals surface area contributed by atoms with Crippen LogP contribution >= 0.6 is 0 Å². The van der Waals surface area contributed by atoms with Crippen molar-refractivity contribution >= 4 is 15.9 Å². The average molecular weight is 341 g/mol. The monoisotopic (exact) mass is 341 g/mol. The number of aliphatic hydroxyl groups is 1.